The van der Waals surface area contributed by atoms with E-state index in [2.05, 4.69) is 0 Å². The molecular weight excluding hydrogens is 408 g/mol. The molecule has 0 amide bonds. The molecule has 0 radical (unpaired) electrons. The van der Waals surface area contributed by atoms with Crippen LogP contribution < -0.4 is 15.0 Å². The highest BCUT2D eigenvalue weighted by atomic mass is 16.6. The van der Waals surface area contributed by atoms with Gasteiger partial charge in [-0.15, -0.1) is 0 Å². The average Bonchev–Trinajstić information content (AvgIpc) is 3.15. The first kappa shape index (κ1) is 23.5. The van der Waals surface area contributed by atoms with E-state index in [1.54, 1.807) is 6.92 Å². The Morgan fingerprint density at radius 3 is 2.41 bits per heavy atom. The predicted molar refractivity (Wildman–Crippen MR) is 120 cm³/mol. The smallest absolute Gasteiger partial charge is 0.482 e. The Morgan fingerprint density at radius 2 is 1.78 bits per heavy atom. The first-order valence-corrected chi connectivity index (χ1v) is 10.9. The van der Waals surface area contributed by atoms with Crippen LogP contribution in [-0.2, 0) is 22.5 Å². The van der Waals surface area contributed by atoms with Crippen LogP contribution in [0.4, 0.5) is 4.79 Å². The predicted octanol–water partition coefficient (Wildman–Crippen LogP) is 4.03. The monoisotopic (exact) mass is 439 g/mol. The number of nitrogens with two attached hydrogens (primary N) is 1. The van der Waals surface area contributed by atoms with Gasteiger partial charge in [-0.1, -0.05) is 30.3 Å². The fraction of sp³-hybridized carbons (Fsp3) is 0.360. The van der Waals surface area contributed by atoms with Gasteiger partial charge in [0.25, 0.3) is 5.69 Å². The Hall–Kier alpha value is -3.16. The van der Waals surface area contributed by atoms with E-state index in [4.69, 9.17) is 24.4 Å². The lowest BCUT2D eigenvalue weighted by atomic mass is 10.1. The largest absolute Gasteiger partial charge is 0.605 e. The van der Waals surface area contributed by atoms with Gasteiger partial charge in [0.15, 0.2) is 12.4 Å². The second-order valence-corrected chi connectivity index (χ2v) is 7.26. The van der Waals surface area contributed by atoms with E-state index in [0.29, 0.717) is 36.2 Å². The van der Waals surface area contributed by atoms with Crippen molar-refractivity contribution < 1.29 is 28.0 Å². The summed E-state index contributed by atoms with van der Waals surface area (Å²) in [7, 11) is 0. The normalized spacial score (nSPS) is 11.9. The summed E-state index contributed by atoms with van der Waals surface area (Å²) in [5.41, 5.74) is 8.27. The van der Waals surface area contributed by atoms with E-state index in [0.717, 1.165) is 17.5 Å². The first-order chi connectivity index (χ1) is 15.6. The van der Waals surface area contributed by atoms with Gasteiger partial charge in [-0.25, -0.2) is 0 Å². The van der Waals surface area contributed by atoms with Crippen molar-refractivity contribution in [1.82, 2.24) is 0 Å². The van der Waals surface area contributed by atoms with Crippen molar-refractivity contribution in [3.05, 3.63) is 71.6 Å². The third-order valence-electron chi connectivity index (χ3n) is 5.03. The molecule has 0 saturated carbocycles. The molecule has 0 aliphatic carbocycles. The number of ether oxygens (including phenoxy) is 3. The summed E-state index contributed by atoms with van der Waals surface area (Å²) in [6.45, 7) is 7.07. The van der Waals surface area contributed by atoms with E-state index < -0.39 is 6.09 Å². The number of aromatic nitrogens is 1. The van der Waals surface area contributed by atoms with Crippen molar-refractivity contribution in [2.45, 2.75) is 39.9 Å². The summed E-state index contributed by atoms with van der Waals surface area (Å²) < 4.78 is 24.3. The van der Waals surface area contributed by atoms with Gasteiger partial charge >= 0.3 is 12.0 Å². The van der Waals surface area contributed by atoms with Crippen LogP contribution in [0.25, 0.3) is 11.5 Å². The second kappa shape index (κ2) is 11.5. The number of rotatable bonds is 10. The molecule has 32 heavy (non-hydrogen) atoms. The molecule has 0 aliphatic rings. The molecule has 1 aromatic heterocycles. The quantitative estimate of drug-likeness (QED) is 0.480. The Bertz CT molecular complexity index is 999. The molecule has 3 aromatic rings. The summed E-state index contributed by atoms with van der Waals surface area (Å²) >= 11 is 0. The minimum absolute atomic E-state index is 0.000270. The van der Waals surface area contributed by atoms with E-state index >= 15 is 0 Å². The molecule has 0 aliphatic heterocycles. The lowest BCUT2D eigenvalue weighted by Crippen LogP contribution is -2.47. The van der Waals surface area contributed by atoms with Gasteiger partial charge in [0.1, 0.15) is 5.75 Å². The van der Waals surface area contributed by atoms with Gasteiger partial charge < -0.3 is 24.4 Å². The van der Waals surface area contributed by atoms with Crippen molar-refractivity contribution in [2.24, 2.45) is 5.73 Å². The lowest BCUT2D eigenvalue weighted by molar-refractivity contribution is -0.587. The number of aryl methyl sites for hydroxylation is 1. The van der Waals surface area contributed by atoms with Crippen LogP contribution in [0.5, 0.6) is 5.75 Å². The highest BCUT2D eigenvalue weighted by Crippen LogP contribution is 2.22. The Morgan fingerprint density at radius 1 is 1.06 bits per heavy atom. The molecule has 0 saturated heterocycles. The van der Waals surface area contributed by atoms with E-state index in [1.165, 1.54) is 4.57 Å². The summed E-state index contributed by atoms with van der Waals surface area (Å²) in [6, 6.07) is 17.2. The zero-order valence-corrected chi connectivity index (χ0v) is 18.9. The summed E-state index contributed by atoms with van der Waals surface area (Å²) in [5, 5.41) is 0. The highest BCUT2D eigenvalue weighted by Gasteiger charge is 2.35. The van der Waals surface area contributed by atoms with Gasteiger partial charge in [-0.3, -0.25) is 0 Å². The molecule has 2 aromatic carbocycles. The van der Waals surface area contributed by atoms with Crippen LogP contribution in [0.2, 0.25) is 0 Å². The third-order valence-corrected chi connectivity index (χ3v) is 5.03. The number of nitrogens with zero attached hydrogens (tertiary/aromatic N) is 1. The molecule has 0 bridgehead atoms. The molecule has 7 heteroatoms. The SMILES string of the molecule is CCOC(=O)[n+]1c(-c2ccccc2)oc(C)c1COc1ccc(C[C@@H](CN)OCC)cc1. The van der Waals surface area contributed by atoms with Crippen molar-refractivity contribution in [3.8, 4) is 17.2 Å². The van der Waals surface area contributed by atoms with Gasteiger partial charge in [-0.2, -0.15) is 4.79 Å². The Labute approximate surface area is 188 Å². The van der Waals surface area contributed by atoms with E-state index in [-0.39, 0.29) is 19.3 Å². The van der Waals surface area contributed by atoms with Crippen LogP contribution in [0.15, 0.2) is 59.0 Å². The third kappa shape index (κ3) is 5.75. The fourth-order valence-electron chi connectivity index (χ4n) is 3.43. The number of hydrogen-bond donors (Lipinski definition) is 1. The number of carbonyl (C=O) groups excluding carboxylic acids is 1. The zero-order chi connectivity index (χ0) is 22.9. The van der Waals surface area contributed by atoms with Crippen molar-refractivity contribution in [3.63, 3.8) is 0 Å². The van der Waals surface area contributed by atoms with Crippen LogP contribution in [0.3, 0.4) is 0 Å². The molecule has 3 rings (SSSR count). The average molecular weight is 440 g/mol. The Kier molecular flexibility index (Phi) is 8.41. The highest BCUT2D eigenvalue weighted by molar-refractivity contribution is 5.62. The van der Waals surface area contributed by atoms with E-state index in [9.17, 15) is 4.79 Å². The molecule has 1 heterocycles. The summed E-state index contributed by atoms with van der Waals surface area (Å²) in [6.07, 6.45) is 0.246. The summed E-state index contributed by atoms with van der Waals surface area (Å²) in [4.78, 5) is 12.7. The Balaban J connectivity index is 1.78. The van der Waals surface area contributed by atoms with Crippen molar-refractivity contribution in [2.75, 3.05) is 19.8 Å². The summed E-state index contributed by atoms with van der Waals surface area (Å²) in [5.74, 6) is 1.70. The van der Waals surface area contributed by atoms with Crippen LogP contribution in [-0.4, -0.2) is 32.0 Å². The van der Waals surface area contributed by atoms with Crippen LogP contribution in [0.1, 0.15) is 30.9 Å². The van der Waals surface area contributed by atoms with Crippen LogP contribution in [0, 0.1) is 6.92 Å². The molecular formula is C25H31N2O5+. The van der Waals surface area contributed by atoms with Crippen molar-refractivity contribution >= 4 is 6.09 Å². The van der Waals surface area contributed by atoms with E-state index in [1.807, 2.05) is 68.4 Å². The minimum Gasteiger partial charge on any atom is -0.482 e. The fourth-order valence-corrected chi connectivity index (χ4v) is 3.43. The standard InChI is InChI=1S/C25H31N2O5/c1-4-29-22(16-26)15-19-11-13-21(14-12-19)31-17-23-18(3)32-24(20-9-7-6-8-10-20)27(23)25(28)30-5-2/h6-14,22H,4-5,15-17,26H2,1-3H3/q+1/t22-/m0/s1. The lowest BCUT2D eigenvalue weighted by Gasteiger charge is -2.15. The maximum Gasteiger partial charge on any atom is 0.605 e. The maximum atomic E-state index is 12.7. The number of oxazole rings is 1. The number of hydrogen-bond acceptors (Lipinski definition) is 6. The molecule has 0 spiro atoms. The first-order valence-electron chi connectivity index (χ1n) is 10.9. The van der Waals surface area contributed by atoms with Crippen LogP contribution >= 0.6 is 0 Å². The topological polar surface area (TPSA) is 87.8 Å². The van der Waals surface area contributed by atoms with Gasteiger partial charge in [-0.05, 0) is 54.7 Å². The van der Waals surface area contributed by atoms with Gasteiger partial charge in [0, 0.05) is 20.1 Å². The number of benzene rings is 2. The molecule has 0 fully saturated rings. The maximum absolute atomic E-state index is 12.7. The minimum atomic E-state index is -0.499. The van der Waals surface area contributed by atoms with Gasteiger partial charge in [0.05, 0.1) is 18.3 Å². The van der Waals surface area contributed by atoms with Gasteiger partial charge in [0.2, 0.25) is 0 Å². The molecule has 0 unspecified atom stereocenters. The molecule has 2 N–H and O–H groups in total. The molecule has 170 valence electrons. The molecule has 1 atom stereocenters. The second-order valence-electron chi connectivity index (χ2n) is 7.26. The zero-order valence-electron chi connectivity index (χ0n) is 18.9. The van der Waals surface area contributed by atoms with Crippen molar-refractivity contribution in [1.29, 1.82) is 0 Å². The molecule has 7 nitrogen and oxygen atoms in total. The number of carbonyl (C=O) groups is 1.